The number of rotatable bonds is 8. The van der Waals surface area contributed by atoms with Crippen LogP contribution in [0, 0.1) is 16.7 Å². The maximum Gasteiger partial charge on any atom is 0.246 e. The number of ether oxygens (including phenoxy) is 2. The molecule has 1 aliphatic heterocycles. The number of carbonyl (C=O) groups excluding carboxylic acids is 1. The van der Waals surface area contributed by atoms with E-state index in [9.17, 15) is 10.1 Å². The standard InChI is InChI=1S/C31H31N5O3/c1-38-22-31(21-32,30(37)36-18-16-35(17-19-36)28-20-33-14-15-34-28)29(26-11-5-6-13-27(26)39-2)25-12-7-9-23-8-3-4-10-24(23)25/h3-15,20,29H,16-19,22H2,1-2H3/t29?,31-/m0/s1. The van der Waals surface area contributed by atoms with Crippen LogP contribution in [0.15, 0.2) is 85.3 Å². The van der Waals surface area contributed by atoms with E-state index in [1.54, 1.807) is 30.6 Å². The van der Waals surface area contributed by atoms with Crippen LogP contribution in [0.1, 0.15) is 17.0 Å². The Morgan fingerprint density at radius 1 is 0.974 bits per heavy atom. The first kappa shape index (κ1) is 26.1. The van der Waals surface area contributed by atoms with Gasteiger partial charge in [-0.15, -0.1) is 0 Å². The van der Waals surface area contributed by atoms with E-state index in [0.29, 0.717) is 31.9 Å². The van der Waals surface area contributed by atoms with Crippen LogP contribution in [0.3, 0.4) is 0 Å². The minimum atomic E-state index is -1.54. The van der Waals surface area contributed by atoms with Crippen LogP contribution in [0.25, 0.3) is 10.8 Å². The summed E-state index contributed by atoms with van der Waals surface area (Å²) in [7, 11) is 3.14. The van der Waals surface area contributed by atoms with Gasteiger partial charge in [0.1, 0.15) is 11.6 Å². The van der Waals surface area contributed by atoms with Crippen molar-refractivity contribution in [2.75, 3.05) is 51.9 Å². The molecule has 198 valence electrons. The molecule has 0 saturated carbocycles. The number of hydrogen-bond donors (Lipinski definition) is 0. The fraction of sp³-hybridized carbons (Fsp3) is 0.290. The number of hydrogen-bond acceptors (Lipinski definition) is 7. The van der Waals surface area contributed by atoms with Gasteiger partial charge in [0.25, 0.3) is 0 Å². The summed E-state index contributed by atoms with van der Waals surface area (Å²) in [6.45, 7) is 2.02. The molecule has 8 nitrogen and oxygen atoms in total. The van der Waals surface area contributed by atoms with E-state index in [4.69, 9.17) is 9.47 Å². The lowest BCUT2D eigenvalue weighted by molar-refractivity contribution is -0.142. The second-order valence-corrected chi connectivity index (χ2v) is 9.60. The first-order chi connectivity index (χ1) is 19.1. The number of fused-ring (bicyclic) bond motifs is 1. The van der Waals surface area contributed by atoms with Gasteiger partial charge in [-0.05, 0) is 22.4 Å². The smallest absolute Gasteiger partial charge is 0.246 e. The first-order valence-electron chi connectivity index (χ1n) is 12.9. The van der Waals surface area contributed by atoms with Gasteiger partial charge in [-0.25, -0.2) is 4.98 Å². The molecule has 3 aromatic carbocycles. The van der Waals surface area contributed by atoms with Gasteiger partial charge >= 0.3 is 0 Å². The number of methoxy groups -OCH3 is 2. The van der Waals surface area contributed by atoms with Gasteiger partial charge in [0, 0.05) is 57.2 Å². The number of carbonyl (C=O) groups is 1. The Labute approximate surface area is 228 Å². The van der Waals surface area contributed by atoms with Crippen molar-refractivity contribution < 1.29 is 14.3 Å². The Morgan fingerprint density at radius 3 is 2.41 bits per heavy atom. The quantitative estimate of drug-likeness (QED) is 0.342. The molecule has 4 aromatic rings. The Morgan fingerprint density at radius 2 is 1.69 bits per heavy atom. The Hall–Kier alpha value is -4.48. The highest BCUT2D eigenvalue weighted by Gasteiger charge is 2.51. The van der Waals surface area contributed by atoms with Crippen molar-refractivity contribution in [3.8, 4) is 11.8 Å². The molecule has 0 spiro atoms. The summed E-state index contributed by atoms with van der Waals surface area (Å²) < 4.78 is 11.4. The third-order valence-corrected chi connectivity index (χ3v) is 7.47. The number of amides is 1. The molecule has 1 saturated heterocycles. The summed E-state index contributed by atoms with van der Waals surface area (Å²) in [5.41, 5.74) is 0.103. The van der Waals surface area contributed by atoms with Crippen LogP contribution in [-0.4, -0.2) is 67.8 Å². The van der Waals surface area contributed by atoms with Crippen molar-refractivity contribution >= 4 is 22.5 Å². The fourth-order valence-electron chi connectivity index (χ4n) is 5.62. The zero-order valence-corrected chi connectivity index (χ0v) is 22.2. The first-order valence-corrected chi connectivity index (χ1v) is 12.9. The highest BCUT2D eigenvalue weighted by atomic mass is 16.5. The number of para-hydroxylation sites is 1. The van der Waals surface area contributed by atoms with Crippen LogP contribution >= 0.6 is 0 Å². The normalized spacial score (nSPS) is 15.8. The summed E-state index contributed by atoms with van der Waals surface area (Å²) in [6.07, 6.45) is 5.02. The largest absolute Gasteiger partial charge is 0.496 e. The molecule has 39 heavy (non-hydrogen) atoms. The average Bonchev–Trinajstić information content (AvgIpc) is 3.01. The highest BCUT2D eigenvalue weighted by Crippen LogP contribution is 2.48. The second kappa shape index (κ2) is 11.5. The van der Waals surface area contributed by atoms with Gasteiger partial charge in [0.05, 0.1) is 26.0 Å². The predicted octanol–water partition coefficient (Wildman–Crippen LogP) is 4.28. The van der Waals surface area contributed by atoms with Gasteiger partial charge in [-0.2, -0.15) is 5.26 Å². The Bertz CT molecular complexity index is 1480. The second-order valence-electron chi connectivity index (χ2n) is 9.60. The van der Waals surface area contributed by atoms with Crippen molar-refractivity contribution in [1.29, 1.82) is 5.26 Å². The van der Waals surface area contributed by atoms with Gasteiger partial charge in [-0.1, -0.05) is 60.7 Å². The molecule has 0 aliphatic carbocycles. The minimum Gasteiger partial charge on any atom is -0.496 e. The predicted molar refractivity (Wildman–Crippen MR) is 150 cm³/mol. The lowest BCUT2D eigenvalue weighted by Gasteiger charge is -2.42. The topological polar surface area (TPSA) is 91.6 Å². The molecule has 1 aliphatic rings. The number of nitrogens with zero attached hydrogens (tertiary/aromatic N) is 5. The number of benzene rings is 3. The zero-order valence-electron chi connectivity index (χ0n) is 22.2. The monoisotopic (exact) mass is 521 g/mol. The van der Waals surface area contributed by atoms with Crippen molar-refractivity contribution in [3.05, 3.63) is 96.4 Å². The summed E-state index contributed by atoms with van der Waals surface area (Å²) in [4.78, 5) is 27.0. The molecule has 1 aromatic heterocycles. The third-order valence-electron chi connectivity index (χ3n) is 7.47. The van der Waals surface area contributed by atoms with Crippen molar-refractivity contribution in [2.24, 2.45) is 5.41 Å². The van der Waals surface area contributed by atoms with E-state index in [0.717, 1.165) is 27.7 Å². The van der Waals surface area contributed by atoms with Crippen LogP contribution in [0.4, 0.5) is 5.82 Å². The fourth-order valence-corrected chi connectivity index (χ4v) is 5.62. The van der Waals surface area contributed by atoms with Crippen molar-refractivity contribution in [1.82, 2.24) is 14.9 Å². The highest BCUT2D eigenvalue weighted by molar-refractivity contribution is 5.92. The van der Waals surface area contributed by atoms with Crippen LogP contribution in [-0.2, 0) is 9.53 Å². The van der Waals surface area contributed by atoms with E-state index < -0.39 is 11.3 Å². The number of anilines is 1. The summed E-state index contributed by atoms with van der Waals surface area (Å²) >= 11 is 0. The van der Waals surface area contributed by atoms with Gasteiger partial charge < -0.3 is 19.3 Å². The molecule has 0 radical (unpaired) electrons. The third kappa shape index (κ3) is 4.89. The van der Waals surface area contributed by atoms with Crippen molar-refractivity contribution in [2.45, 2.75) is 5.92 Å². The van der Waals surface area contributed by atoms with E-state index in [1.807, 2.05) is 66.7 Å². The molecular weight excluding hydrogens is 490 g/mol. The number of aromatic nitrogens is 2. The molecule has 5 rings (SSSR count). The summed E-state index contributed by atoms with van der Waals surface area (Å²) in [5.74, 6) is 0.492. The van der Waals surface area contributed by atoms with E-state index >= 15 is 0 Å². The molecule has 0 bridgehead atoms. The van der Waals surface area contributed by atoms with Gasteiger partial charge in [0.2, 0.25) is 5.91 Å². The minimum absolute atomic E-state index is 0.0708. The Balaban J connectivity index is 1.61. The maximum atomic E-state index is 14.5. The number of nitriles is 1. The van der Waals surface area contributed by atoms with Crippen LogP contribution < -0.4 is 9.64 Å². The van der Waals surface area contributed by atoms with Crippen molar-refractivity contribution in [3.63, 3.8) is 0 Å². The lowest BCUT2D eigenvalue weighted by atomic mass is 9.67. The molecule has 1 fully saturated rings. The van der Waals surface area contributed by atoms with E-state index in [-0.39, 0.29) is 12.5 Å². The number of piperazine rings is 1. The molecule has 2 atom stereocenters. The maximum absolute atomic E-state index is 14.5. The SMILES string of the molecule is COC[C@](C#N)(C(=O)N1CCN(c2cnccn2)CC1)C(c1ccccc1OC)c1cccc2ccccc12. The van der Waals surface area contributed by atoms with E-state index in [1.165, 1.54) is 7.11 Å². The molecule has 2 heterocycles. The average molecular weight is 522 g/mol. The summed E-state index contributed by atoms with van der Waals surface area (Å²) in [5, 5.41) is 12.9. The van der Waals surface area contributed by atoms with Crippen LogP contribution in [0.5, 0.6) is 5.75 Å². The zero-order chi connectivity index (χ0) is 27.2. The van der Waals surface area contributed by atoms with Gasteiger partial charge in [0.15, 0.2) is 5.41 Å². The molecule has 1 amide bonds. The molecule has 0 N–H and O–H groups in total. The lowest BCUT2D eigenvalue weighted by Crippen LogP contribution is -2.56. The van der Waals surface area contributed by atoms with Crippen LogP contribution in [0.2, 0.25) is 0 Å². The van der Waals surface area contributed by atoms with Gasteiger partial charge in [-0.3, -0.25) is 9.78 Å². The van der Waals surface area contributed by atoms with E-state index in [2.05, 4.69) is 20.9 Å². The molecular formula is C31H31N5O3. The molecule has 8 heteroatoms. The molecule has 1 unspecified atom stereocenters. The summed E-state index contributed by atoms with van der Waals surface area (Å²) in [6, 6.07) is 24.1. The Kier molecular flexibility index (Phi) is 7.71.